The first-order valence-corrected chi connectivity index (χ1v) is 6.15. The molecule has 0 saturated heterocycles. The molecule has 0 spiro atoms. The summed E-state index contributed by atoms with van der Waals surface area (Å²) in [4.78, 5) is 12.0. The fraction of sp³-hybridized carbons (Fsp3) is 0.500. The molecule has 0 aliphatic rings. The van der Waals surface area contributed by atoms with E-state index in [4.69, 9.17) is 9.47 Å². The molecule has 0 aromatic heterocycles. The van der Waals surface area contributed by atoms with Crippen molar-refractivity contribution >= 4 is 5.97 Å². The Hall–Kier alpha value is -1.55. The van der Waals surface area contributed by atoms with Crippen LogP contribution in [0.5, 0.6) is 5.75 Å². The molecule has 0 heterocycles. The van der Waals surface area contributed by atoms with Crippen molar-refractivity contribution in [3.8, 4) is 5.75 Å². The van der Waals surface area contributed by atoms with Crippen LogP contribution in [-0.4, -0.2) is 25.7 Å². The molecule has 0 saturated carbocycles. The van der Waals surface area contributed by atoms with Gasteiger partial charge in [-0.1, -0.05) is 18.2 Å². The molecule has 1 aromatic carbocycles. The average molecular weight is 251 g/mol. The number of carbonyl (C=O) groups is 1. The van der Waals surface area contributed by atoms with Gasteiger partial charge in [0.1, 0.15) is 11.8 Å². The van der Waals surface area contributed by atoms with E-state index < -0.39 is 6.04 Å². The number of hydrogen-bond acceptors (Lipinski definition) is 4. The van der Waals surface area contributed by atoms with Crippen molar-refractivity contribution in [3.63, 3.8) is 0 Å². The number of benzene rings is 1. The summed E-state index contributed by atoms with van der Waals surface area (Å²) in [5.41, 5.74) is 0.798. The van der Waals surface area contributed by atoms with Gasteiger partial charge in [-0.05, 0) is 26.8 Å². The Kier molecular flexibility index (Phi) is 5.65. The summed E-state index contributed by atoms with van der Waals surface area (Å²) in [6, 6.07) is 7.14. The third-order valence-electron chi connectivity index (χ3n) is 2.47. The molecular formula is C14H21NO3. The summed E-state index contributed by atoms with van der Waals surface area (Å²) in [5, 5.41) is 3.20. The van der Waals surface area contributed by atoms with Gasteiger partial charge in [-0.3, -0.25) is 5.32 Å². The molecule has 0 bridgehead atoms. The molecule has 4 heteroatoms. The quantitative estimate of drug-likeness (QED) is 0.788. The van der Waals surface area contributed by atoms with Crippen LogP contribution in [0.4, 0.5) is 0 Å². The molecule has 0 radical (unpaired) electrons. The number of rotatable bonds is 6. The number of nitrogens with one attached hydrogen (secondary N) is 1. The summed E-state index contributed by atoms with van der Waals surface area (Å²) in [7, 11) is 1.59. The predicted octanol–water partition coefficient (Wildman–Crippen LogP) is 2.30. The van der Waals surface area contributed by atoms with Gasteiger partial charge in [0.15, 0.2) is 0 Å². The summed E-state index contributed by atoms with van der Waals surface area (Å²) in [6.45, 7) is 6.14. The monoisotopic (exact) mass is 251 g/mol. The first-order chi connectivity index (χ1) is 8.60. The van der Waals surface area contributed by atoms with Crippen LogP contribution < -0.4 is 10.1 Å². The third-order valence-corrected chi connectivity index (χ3v) is 2.47. The van der Waals surface area contributed by atoms with Crippen LogP contribution in [0, 0.1) is 0 Å². The lowest BCUT2D eigenvalue weighted by molar-refractivity contribution is -0.146. The van der Waals surface area contributed by atoms with E-state index in [1.807, 2.05) is 38.1 Å². The number of ether oxygens (including phenoxy) is 2. The highest BCUT2D eigenvalue weighted by molar-refractivity contribution is 5.78. The highest BCUT2D eigenvalue weighted by Gasteiger charge is 2.25. The molecule has 1 aromatic rings. The van der Waals surface area contributed by atoms with Crippen LogP contribution in [-0.2, 0) is 9.53 Å². The predicted molar refractivity (Wildman–Crippen MR) is 70.6 cm³/mol. The molecule has 18 heavy (non-hydrogen) atoms. The largest absolute Gasteiger partial charge is 0.496 e. The Morgan fingerprint density at radius 1 is 1.33 bits per heavy atom. The van der Waals surface area contributed by atoms with Crippen molar-refractivity contribution in [2.24, 2.45) is 0 Å². The van der Waals surface area contributed by atoms with Crippen molar-refractivity contribution < 1.29 is 14.3 Å². The van der Waals surface area contributed by atoms with E-state index in [9.17, 15) is 4.79 Å². The standard InChI is InChI=1S/C14H21NO3/c1-5-18-14(16)13(15-10(2)3)11-8-6-7-9-12(11)17-4/h6-10,13,15H,5H2,1-4H3. The maximum Gasteiger partial charge on any atom is 0.327 e. The molecule has 0 fully saturated rings. The topological polar surface area (TPSA) is 47.6 Å². The van der Waals surface area contributed by atoms with Crippen molar-refractivity contribution in [3.05, 3.63) is 29.8 Å². The summed E-state index contributed by atoms with van der Waals surface area (Å²) >= 11 is 0. The minimum Gasteiger partial charge on any atom is -0.496 e. The van der Waals surface area contributed by atoms with Gasteiger partial charge in [0, 0.05) is 11.6 Å². The Labute approximate surface area is 108 Å². The molecule has 1 N–H and O–H groups in total. The first kappa shape index (κ1) is 14.5. The van der Waals surface area contributed by atoms with Crippen LogP contribution in [0.25, 0.3) is 0 Å². The number of carbonyl (C=O) groups excluding carboxylic acids is 1. The average Bonchev–Trinajstić information content (AvgIpc) is 2.36. The Bertz CT molecular complexity index is 390. The number of esters is 1. The van der Waals surface area contributed by atoms with Crippen LogP contribution in [0.15, 0.2) is 24.3 Å². The summed E-state index contributed by atoms with van der Waals surface area (Å²) < 4.78 is 10.4. The van der Waals surface area contributed by atoms with Gasteiger partial charge in [-0.15, -0.1) is 0 Å². The van der Waals surface area contributed by atoms with Gasteiger partial charge >= 0.3 is 5.97 Å². The fourth-order valence-electron chi connectivity index (χ4n) is 1.75. The molecule has 1 unspecified atom stereocenters. The maximum atomic E-state index is 12.0. The second-order valence-corrected chi connectivity index (χ2v) is 4.25. The highest BCUT2D eigenvalue weighted by atomic mass is 16.5. The molecule has 1 rings (SSSR count). The van der Waals surface area contributed by atoms with Crippen molar-refractivity contribution in [2.75, 3.05) is 13.7 Å². The van der Waals surface area contributed by atoms with Gasteiger partial charge in [0.2, 0.25) is 0 Å². The minimum atomic E-state index is -0.499. The molecule has 1 atom stereocenters. The van der Waals surface area contributed by atoms with Gasteiger partial charge < -0.3 is 9.47 Å². The molecule has 0 aliphatic heterocycles. The smallest absolute Gasteiger partial charge is 0.327 e. The van der Waals surface area contributed by atoms with Crippen molar-refractivity contribution in [2.45, 2.75) is 32.9 Å². The lowest BCUT2D eigenvalue weighted by Gasteiger charge is -2.21. The first-order valence-electron chi connectivity index (χ1n) is 6.15. The Balaban J connectivity index is 3.04. The van der Waals surface area contributed by atoms with Crippen molar-refractivity contribution in [1.29, 1.82) is 0 Å². The van der Waals surface area contributed by atoms with E-state index in [-0.39, 0.29) is 12.0 Å². The zero-order valence-electron chi connectivity index (χ0n) is 11.4. The lowest BCUT2D eigenvalue weighted by Crippen LogP contribution is -2.35. The van der Waals surface area contributed by atoms with E-state index in [1.165, 1.54) is 0 Å². The normalized spacial score (nSPS) is 12.3. The van der Waals surface area contributed by atoms with Crippen LogP contribution >= 0.6 is 0 Å². The van der Waals surface area contributed by atoms with Crippen LogP contribution in [0.3, 0.4) is 0 Å². The molecule has 0 aliphatic carbocycles. The fourth-order valence-corrected chi connectivity index (χ4v) is 1.75. The molecule has 100 valence electrons. The van der Waals surface area contributed by atoms with Crippen LogP contribution in [0.2, 0.25) is 0 Å². The minimum absolute atomic E-state index is 0.171. The highest BCUT2D eigenvalue weighted by Crippen LogP contribution is 2.26. The van der Waals surface area contributed by atoms with E-state index in [0.717, 1.165) is 5.56 Å². The molecular weight excluding hydrogens is 230 g/mol. The zero-order chi connectivity index (χ0) is 13.5. The molecule has 0 amide bonds. The van der Waals surface area contributed by atoms with Gasteiger partial charge in [0.25, 0.3) is 0 Å². The number of methoxy groups -OCH3 is 1. The SMILES string of the molecule is CCOC(=O)C(NC(C)C)c1ccccc1OC. The summed E-state index contributed by atoms with van der Waals surface area (Å²) in [5.74, 6) is 0.402. The van der Waals surface area contributed by atoms with Crippen molar-refractivity contribution in [1.82, 2.24) is 5.32 Å². The lowest BCUT2D eigenvalue weighted by atomic mass is 10.0. The number of para-hydroxylation sites is 1. The van der Waals surface area contributed by atoms with E-state index >= 15 is 0 Å². The van der Waals surface area contributed by atoms with Gasteiger partial charge in [-0.2, -0.15) is 0 Å². The van der Waals surface area contributed by atoms with Crippen LogP contribution in [0.1, 0.15) is 32.4 Å². The van der Waals surface area contributed by atoms with E-state index in [2.05, 4.69) is 5.32 Å². The number of hydrogen-bond donors (Lipinski definition) is 1. The maximum absolute atomic E-state index is 12.0. The third kappa shape index (κ3) is 3.74. The Morgan fingerprint density at radius 2 is 2.00 bits per heavy atom. The van der Waals surface area contributed by atoms with Gasteiger partial charge in [0.05, 0.1) is 13.7 Å². The molecule has 4 nitrogen and oxygen atoms in total. The van der Waals surface area contributed by atoms with E-state index in [1.54, 1.807) is 14.0 Å². The summed E-state index contributed by atoms with van der Waals surface area (Å²) in [6.07, 6.45) is 0. The van der Waals surface area contributed by atoms with Gasteiger partial charge in [-0.25, -0.2) is 4.79 Å². The zero-order valence-corrected chi connectivity index (χ0v) is 11.4. The Morgan fingerprint density at radius 3 is 2.56 bits per heavy atom. The second kappa shape index (κ2) is 7.01. The van der Waals surface area contributed by atoms with E-state index in [0.29, 0.717) is 12.4 Å². The second-order valence-electron chi connectivity index (χ2n) is 4.25.